The van der Waals surface area contributed by atoms with E-state index < -0.39 is 59.9 Å². The van der Waals surface area contributed by atoms with Crippen molar-refractivity contribution in [2.75, 3.05) is 49.3 Å². The SMILES string of the molecule is CC(=O)N[C@@H](CSCC(=O)NCCC[C@H](NC(=O)CO)C(=O)NCCNC(=O)CSC[C@H](CC(=O)OC(C)(C)C)C(=O)O)C(=O)CC(C)C. The van der Waals surface area contributed by atoms with E-state index in [0.717, 1.165) is 11.8 Å². The van der Waals surface area contributed by atoms with Gasteiger partial charge in [0.25, 0.3) is 0 Å². The number of rotatable bonds is 25. The van der Waals surface area contributed by atoms with Crippen LogP contribution in [-0.2, 0) is 43.1 Å². The van der Waals surface area contributed by atoms with Crippen LogP contribution in [0.2, 0.25) is 0 Å². The molecule has 0 saturated carbocycles. The Morgan fingerprint density at radius 3 is 1.86 bits per heavy atom. The second-order valence-electron chi connectivity index (χ2n) is 12.6. The summed E-state index contributed by atoms with van der Waals surface area (Å²) in [4.78, 5) is 96.2. The number of aliphatic hydroxyl groups is 1. The van der Waals surface area contributed by atoms with Gasteiger partial charge in [0.15, 0.2) is 5.78 Å². The van der Waals surface area contributed by atoms with Crippen molar-refractivity contribution in [3.8, 4) is 0 Å². The smallest absolute Gasteiger partial charge is 0.307 e. The zero-order valence-electron chi connectivity index (χ0n) is 29.2. The summed E-state index contributed by atoms with van der Waals surface area (Å²) in [7, 11) is 0. The van der Waals surface area contributed by atoms with E-state index in [2.05, 4.69) is 26.6 Å². The minimum atomic E-state index is -1.18. The van der Waals surface area contributed by atoms with Crippen molar-refractivity contribution in [3.63, 3.8) is 0 Å². The molecule has 0 spiro atoms. The number of thioether (sulfide) groups is 2. The fraction of sp³-hybridized carbons (Fsp3) is 0.742. The van der Waals surface area contributed by atoms with Crippen LogP contribution in [0, 0.1) is 11.8 Å². The van der Waals surface area contributed by atoms with Gasteiger partial charge >= 0.3 is 11.9 Å². The van der Waals surface area contributed by atoms with E-state index in [4.69, 9.17) is 9.84 Å². The van der Waals surface area contributed by atoms with Gasteiger partial charge in [-0.25, -0.2) is 0 Å². The first-order valence-electron chi connectivity index (χ1n) is 16.0. The Hall–Kier alpha value is -3.38. The maximum absolute atomic E-state index is 12.7. The highest BCUT2D eigenvalue weighted by atomic mass is 32.2. The van der Waals surface area contributed by atoms with Crippen LogP contribution in [0.15, 0.2) is 0 Å². The van der Waals surface area contributed by atoms with Gasteiger partial charge in [0.05, 0.1) is 29.9 Å². The molecule has 49 heavy (non-hydrogen) atoms. The van der Waals surface area contributed by atoms with Gasteiger partial charge in [0, 0.05) is 44.5 Å². The number of hydrogen-bond donors (Lipinski definition) is 7. The predicted octanol–water partition coefficient (Wildman–Crippen LogP) is -0.389. The Morgan fingerprint density at radius 1 is 0.755 bits per heavy atom. The van der Waals surface area contributed by atoms with Gasteiger partial charge in [-0.05, 0) is 39.5 Å². The summed E-state index contributed by atoms with van der Waals surface area (Å²) in [5.74, 6) is -4.95. The predicted molar refractivity (Wildman–Crippen MR) is 186 cm³/mol. The van der Waals surface area contributed by atoms with Crippen LogP contribution in [0.4, 0.5) is 0 Å². The van der Waals surface area contributed by atoms with Crippen LogP contribution in [0.3, 0.4) is 0 Å². The number of aliphatic carboxylic acids is 1. The lowest BCUT2D eigenvalue weighted by molar-refractivity contribution is -0.159. The molecule has 0 aromatic rings. The average Bonchev–Trinajstić information content (AvgIpc) is 2.97. The quantitative estimate of drug-likeness (QED) is 0.0467. The molecule has 0 aliphatic rings. The lowest BCUT2D eigenvalue weighted by Gasteiger charge is -2.20. The largest absolute Gasteiger partial charge is 0.481 e. The van der Waals surface area contributed by atoms with Crippen molar-refractivity contribution in [2.45, 2.75) is 84.9 Å². The Labute approximate surface area is 296 Å². The number of ketones is 1. The number of carbonyl (C=O) groups is 8. The molecule has 3 atom stereocenters. The lowest BCUT2D eigenvalue weighted by atomic mass is 10.0. The van der Waals surface area contributed by atoms with Gasteiger partial charge in [0.2, 0.25) is 29.5 Å². The normalized spacial score (nSPS) is 13.0. The highest BCUT2D eigenvalue weighted by molar-refractivity contribution is 8.00. The third-order valence-electron chi connectivity index (χ3n) is 6.16. The van der Waals surface area contributed by atoms with Gasteiger partial charge in [-0.2, -0.15) is 11.8 Å². The summed E-state index contributed by atoms with van der Waals surface area (Å²) in [5, 5.41) is 31.4. The summed E-state index contributed by atoms with van der Waals surface area (Å²) in [5.41, 5.74) is -0.746. The van der Waals surface area contributed by atoms with Crippen molar-refractivity contribution in [3.05, 3.63) is 0 Å². The molecule has 0 aliphatic carbocycles. The number of carboxylic acid groups (broad SMARTS) is 1. The van der Waals surface area contributed by atoms with Crippen LogP contribution >= 0.6 is 23.5 Å². The Bertz CT molecular complexity index is 1130. The monoisotopic (exact) mass is 735 g/mol. The minimum Gasteiger partial charge on any atom is -0.481 e. The van der Waals surface area contributed by atoms with Gasteiger partial charge in [-0.1, -0.05) is 13.8 Å². The molecule has 0 bridgehead atoms. The first kappa shape index (κ1) is 45.6. The second-order valence-corrected chi connectivity index (χ2v) is 14.6. The van der Waals surface area contributed by atoms with E-state index in [1.165, 1.54) is 18.7 Å². The van der Waals surface area contributed by atoms with Crippen LogP contribution in [0.25, 0.3) is 0 Å². The number of carbonyl (C=O) groups excluding carboxylic acids is 7. The first-order valence-corrected chi connectivity index (χ1v) is 18.3. The second kappa shape index (κ2) is 24.7. The standard InChI is InChI=1S/C31H53N5O11S2/c1-19(2)12-24(39)23(35-20(3)38)16-49-18-26(41)32-9-7-8-22(36-25(40)14-37)29(44)34-11-10-33-27(42)17-48-15-21(30(45)46)13-28(43)47-31(4,5)6/h19,21-23,37H,7-18H2,1-6H3,(H,32,41)(H,33,42)(H,34,44)(H,35,38)(H,36,40)(H,45,46)/t21-,22-,23-/m0/s1. The molecule has 0 fully saturated rings. The molecule has 7 N–H and O–H groups in total. The van der Waals surface area contributed by atoms with Crippen molar-refractivity contribution in [1.82, 2.24) is 26.6 Å². The summed E-state index contributed by atoms with van der Waals surface area (Å²) in [6.07, 6.45) is 0.427. The molecule has 0 aliphatic heterocycles. The number of nitrogens with one attached hydrogen (secondary N) is 5. The van der Waals surface area contributed by atoms with Crippen LogP contribution in [-0.4, -0.2) is 124 Å². The van der Waals surface area contributed by atoms with Crippen molar-refractivity contribution in [2.24, 2.45) is 11.8 Å². The van der Waals surface area contributed by atoms with Crippen molar-refractivity contribution < 1.29 is 53.3 Å². The molecule has 5 amide bonds. The Balaban J connectivity index is 4.57. The average molecular weight is 736 g/mol. The zero-order valence-corrected chi connectivity index (χ0v) is 30.8. The minimum absolute atomic E-state index is 0.0166. The maximum Gasteiger partial charge on any atom is 0.307 e. The third-order valence-corrected chi connectivity index (χ3v) is 8.30. The molecular weight excluding hydrogens is 682 g/mol. The first-order chi connectivity index (χ1) is 22.8. The number of amides is 5. The van der Waals surface area contributed by atoms with E-state index >= 15 is 0 Å². The summed E-state index contributed by atoms with van der Waals surface area (Å²) >= 11 is 2.24. The molecule has 0 radical (unpaired) electrons. The molecule has 16 nitrogen and oxygen atoms in total. The fourth-order valence-corrected chi connectivity index (χ4v) is 5.89. The number of ether oxygens (including phenoxy) is 1. The molecule has 0 unspecified atom stereocenters. The van der Waals surface area contributed by atoms with Gasteiger partial charge < -0.3 is 41.5 Å². The Kier molecular flexibility index (Phi) is 23.0. The number of Topliss-reactive ketones (excluding diaryl/α,β-unsaturated/α-hetero) is 1. The summed E-state index contributed by atoms with van der Waals surface area (Å²) < 4.78 is 5.16. The summed E-state index contributed by atoms with van der Waals surface area (Å²) in [6.45, 7) is 9.57. The number of esters is 1. The number of carboxylic acids is 1. The van der Waals surface area contributed by atoms with E-state index in [9.17, 15) is 43.5 Å². The van der Waals surface area contributed by atoms with Crippen LogP contribution in [0.1, 0.15) is 67.2 Å². The van der Waals surface area contributed by atoms with Crippen LogP contribution < -0.4 is 26.6 Å². The van der Waals surface area contributed by atoms with Crippen molar-refractivity contribution in [1.29, 1.82) is 0 Å². The molecule has 0 aromatic carbocycles. The van der Waals surface area contributed by atoms with Gasteiger partial charge in [0.1, 0.15) is 18.2 Å². The molecule has 0 saturated heterocycles. The topological polar surface area (TPSA) is 246 Å². The highest BCUT2D eigenvalue weighted by Gasteiger charge is 2.26. The fourth-order valence-electron chi connectivity index (χ4n) is 4.03. The highest BCUT2D eigenvalue weighted by Crippen LogP contribution is 2.16. The lowest BCUT2D eigenvalue weighted by Crippen LogP contribution is -2.49. The number of aliphatic hydroxyl groups excluding tert-OH is 1. The molecule has 0 heterocycles. The third kappa shape index (κ3) is 24.4. The van der Waals surface area contributed by atoms with Crippen LogP contribution in [0.5, 0.6) is 0 Å². The van der Waals surface area contributed by atoms with Gasteiger partial charge in [-0.15, -0.1) is 11.8 Å². The molecular formula is C31H53N5O11S2. The van der Waals surface area contributed by atoms with E-state index in [0.29, 0.717) is 12.8 Å². The molecule has 280 valence electrons. The molecule has 0 aromatic heterocycles. The van der Waals surface area contributed by atoms with E-state index in [-0.39, 0.29) is 79.0 Å². The number of hydrogen-bond acceptors (Lipinski definition) is 12. The van der Waals surface area contributed by atoms with Gasteiger partial charge in [-0.3, -0.25) is 38.4 Å². The maximum atomic E-state index is 12.7. The van der Waals surface area contributed by atoms with Crippen molar-refractivity contribution >= 4 is 70.8 Å². The zero-order chi connectivity index (χ0) is 37.6. The molecule has 0 rings (SSSR count). The molecule has 18 heteroatoms. The van der Waals surface area contributed by atoms with E-state index in [1.807, 2.05) is 13.8 Å². The van der Waals surface area contributed by atoms with E-state index in [1.54, 1.807) is 20.8 Å². The summed E-state index contributed by atoms with van der Waals surface area (Å²) in [6, 6.07) is -1.70. The Morgan fingerprint density at radius 2 is 1.33 bits per heavy atom.